The number of halogens is 2. The van der Waals surface area contributed by atoms with Gasteiger partial charge >= 0.3 is 0 Å². The zero-order chi connectivity index (χ0) is 12.4. The topological polar surface area (TPSA) is 43.8 Å². The van der Waals surface area contributed by atoms with Crippen LogP contribution in [0.4, 0.5) is 4.39 Å². The molecule has 0 atom stereocenters. The van der Waals surface area contributed by atoms with Crippen LogP contribution in [0, 0.1) is 5.82 Å². The van der Waals surface area contributed by atoms with Crippen LogP contribution in [0.15, 0.2) is 28.9 Å². The largest absolute Gasteiger partial charge is 0.330 e. The van der Waals surface area contributed by atoms with E-state index in [9.17, 15) is 4.39 Å². The molecule has 0 aliphatic rings. The van der Waals surface area contributed by atoms with Crippen LogP contribution < -0.4 is 5.73 Å². The van der Waals surface area contributed by atoms with E-state index in [0.29, 0.717) is 6.54 Å². The summed E-state index contributed by atoms with van der Waals surface area (Å²) in [5.41, 5.74) is 7.23. The molecule has 0 saturated heterocycles. The first-order valence-corrected chi connectivity index (χ1v) is 6.10. The molecule has 2 N–H and O–H groups in total. The van der Waals surface area contributed by atoms with E-state index in [1.54, 1.807) is 12.1 Å². The Morgan fingerprint density at radius 3 is 2.59 bits per heavy atom. The van der Waals surface area contributed by atoms with E-state index in [0.717, 1.165) is 28.1 Å². The van der Waals surface area contributed by atoms with Gasteiger partial charge in [-0.25, -0.2) is 9.37 Å². The van der Waals surface area contributed by atoms with E-state index in [-0.39, 0.29) is 5.82 Å². The highest BCUT2D eigenvalue weighted by atomic mass is 79.9. The number of nitrogens with zero attached hydrogens (tertiary/aromatic N) is 2. The van der Waals surface area contributed by atoms with Crippen LogP contribution in [0.2, 0.25) is 0 Å². The molecule has 0 aliphatic heterocycles. The predicted molar refractivity (Wildman–Crippen MR) is 69.1 cm³/mol. The molecule has 0 amide bonds. The third-order valence-electron chi connectivity index (χ3n) is 2.60. The standard InChI is InChI=1S/C12H13BrFN3/c1-17-10(6-7-15)16-11(12(17)13)8-2-4-9(14)5-3-8/h2-5H,6-7,15H2,1H3. The Hall–Kier alpha value is -1.20. The third-order valence-corrected chi connectivity index (χ3v) is 3.51. The summed E-state index contributed by atoms with van der Waals surface area (Å²) in [7, 11) is 1.93. The lowest BCUT2D eigenvalue weighted by Crippen LogP contribution is -2.07. The molecule has 3 nitrogen and oxygen atoms in total. The second kappa shape index (κ2) is 4.98. The number of imidazole rings is 1. The SMILES string of the molecule is Cn1c(CCN)nc(-c2ccc(F)cc2)c1Br. The molecule has 90 valence electrons. The maximum Gasteiger partial charge on any atom is 0.123 e. The number of nitrogens with two attached hydrogens (primary N) is 1. The molecule has 5 heteroatoms. The number of hydrogen-bond acceptors (Lipinski definition) is 2. The second-order valence-electron chi connectivity index (χ2n) is 3.77. The first-order valence-electron chi connectivity index (χ1n) is 5.30. The summed E-state index contributed by atoms with van der Waals surface area (Å²) < 4.78 is 15.7. The van der Waals surface area contributed by atoms with Crippen molar-refractivity contribution >= 4 is 15.9 Å². The maximum atomic E-state index is 12.9. The van der Waals surface area contributed by atoms with E-state index < -0.39 is 0 Å². The van der Waals surface area contributed by atoms with Crippen LogP contribution in [0.3, 0.4) is 0 Å². The third kappa shape index (κ3) is 2.40. The lowest BCUT2D eigenvalue weighted by atomic mass is 10.2. The molecule has 0 unspecified atom stereocenters. The lowest BCUT2D eigenvalue weighted by molar-refractivity contribution is 0.628. The van der Waals surface area contributed by atoms with Gasteiger partial charge in [-0.05, 0) is 46.7 Å². The Morgan fingerprint density at radius 1 is 1.35 bits per heavy atom. The first kappa shape index (κ1) is 12.3. The maximum absolute atomic E-state index is 12.9. The van der Waals surface area contributed by atoms with Gasteiger partial charge < -0.3 is 10.3 Å². The van der Waals surface area contributed by atoms with E-state index in [1.165, 1.54) is 12.1 Å². The molecule has 0 spiro atoms. The van der Waals surface area contributed by atoms with Crippen molar-refractivity contribution in [2.45, 2.75) is 6.42 Å². The number of aromatic nitrogens is 2. The zero-order valence-corrected chi connectivity index (χ0v) is 11.0. The minimum Gasteiger partial charge on any atom is -0.330 e. The summed E-state index contributed by atoms with van der Waals surface area (Å²) in [6, 6.07) is 6.29. The van der Waals surface area contributed by atoms with Crippen molar-refractivity contribution in [1.82, 2.24) is 9.55 Å². The van der Waals surface area contributed by atoms with Crippen LogP contribution in [0.5, 0.6) is 0 Å². The van der Waals surface area contributed by atoms with E-state index in [2.05, 4.69) is 20.9 Å². The molecule has 0 fully saturated rings. The lowest BCUT2D eigenvalue weighted by Gasteiger charge is -1.99. The van der Waals surface area contributed by atoms with Crippen LogP contribution in [0.1, 0.15) is 5.82 Å². The number of hydrogen-bond donors (Lipinski definition) is 1. The second-order valence-corrected chi connectivity index (χ2v) is 4.52. The predicted octanol–water partition coefficient (Wildman–Crippen LogP) is 2.49. The van der Waals surface area contributed by atoms with E-state index >= 15 is 0 Å². The number of rotatable bonds is 3. The molecule has 2 rings (SSSR count). The van der Waals surface area contributed by atoms with Gasteiger partial charge in [0, 0.05) is 19.0 Å². The Kier molecular flexibility index (Phi) is 3.59. The molecule has 0 bridgehead atoms. The van der Waals surface area contributed by atoms with Crippen molar-refractivity contribution in [2.24, 2.45) is 12.8 Å². The van der Waals surface area contributed by atoms with Gasteiger partial charge in [-0.2, -0.15) is 0 Å². The van der Waals surface area contributed by atoms with Gasteiger partial charge in [-0.15, -0.1) is 0 Å². The summed E-state index contributed by atoms with van der Waals surface area (Å²) in [5.74, 6) is 0.668. The Labute approximate surface area is 108 Å². The highest BCUT2D eigenvalue weighted by Crippen LogP contribution is 2.28. The van der Waals surface area contributed by atoms with E-state index in [4.69, 9.17) is 5.73 Å². The normalized spacial score (nSPS) is 10.8. The first-order chi connectivity index (χ1) is 8.13. The fourth-order valence-electron chi connectivity index (χ4n) is 1.67. The van der Waals surface area contributed by atoms with Gasteiger partial charge in [0.05, 0.1) is 0 Å². The summed E-state index contributed by atoms with van der Waals surface area (Å²) in [5, 5.41) is 0. The minimum atomic E-state index is -0.247. The average Bonchev–Trinajstić information content (AvgIpc) is 2.59. The molecule has 1 aromatic heterocycles. The Bertz CT molecular complexity index is 519. The molecule has 0 aliphatic carbocycles. The molecule has 1 aromatic carbocycles. The van der Waals surface area contributed by atoms with Crippen LogP contribution >= 0.6 is 15.9 Å². The quantitative estimate of drug-likeness (QED) is 0.946. The molecule has 2 aromatic rings. The smallest absolute Gasteiger partial charge is 0.123 e. The van der Waals surface area contributed by atoms with Crippen LogP contribution in [-0.2, 0) is 13.5 Å². The highest BCUT2D eigenvalue weighted by Gasteiger charge is 2.13. The van der Waals surface area contributed by atoms with Crippen molar-refractivity contribution in [3.8, 4) is 11.3 Å². The van der Waals surface area contributed by atoms with Gasteiger partial charge in [0.1, 0.15) is 21.9 Å². The molecule has 0 saturated carbocycles. The Morgan fingerprint density at radius 2 is 2.00 bits per heavy atom. The molecular weight excluding hydrogens is 285 g/mol. The van der Waals surface area contributed by atoms with Gasteiger partial charge in [0.25, 0.3) is 0 Å². The van der Waals surface area contributed by atoms with Crippen molar-refractivity contribution in [1.29, 1.82) is 0 Å². The fraction of sp³-hybridized carbons (Fsp3) is 0.250. The molecular formula is C12H13BrFN3. The molecule has 1 heterocycles. The van der Waals surface area contributed by atoms with Crippen molar-refractivity contribution in [2.75, 3.05) is 6.54 Å². The van der Waals surface area contributed by atoms with Crippen molar-refractivity contribution in [3.05, 3.63) is 40.5 Å². The average molecular weight is 298 g/mol. The van der Waals surface area contributed by atoms with Crippen molar-refractivity contribution < 1.29 is 4.39 Å². The fourth-order valence-corrected chi connectivity index (χ4v) is 2.19. The monoisotopic (exact) mass is 297 g/mol. The molecule has 17 heavy (non-hydrogen) atoms. The van der Waals surface area contributed by atoms with Gasteiger partial charge in [-0.3, -0.25) is 0 Å². The van der Waals surface area contributed by atoms with Crippen LogP contribution in [0.25, 0.3) is 11.3 Å². The Balaban J connectivity index is 2.45. The van der Waals surface area contributed by atoms with Gasteiger partial charge in [-0.1, -0.05) is 0 Å². The number of benzene rings is 1. The highest BCUT2D eigenvalue weighted by molar-refractivity contribution is 9.10. The van der Waals surface area contributed by atoms with Crippen LogP contribution in [-0.4, -0.2) is 16.1 Å². The summed E-state index contributed by atoms with van der Waals surface area (Å²) >= 11 is 3.49. The van der Waals surface area contributed by atoms with Gasteiger partial charge in [0.15, 0.2) is 0 Å². The zero-order valence-electron chi connectivity index (χ0n) is 9.45. The molecule has 0 radical (unpaired) electrons. The van der Waals surface area contributed by atoms with Gasteiger partial charge in [0.2, 0.25) is 0 Å². The minimum absolute atomic E-state index is 0.247. The summed E-state index contributed by atoms with van der Waals surface area (Å²) in [6.45, 7) is 0.556. The van der Waals surface area contributed by atoms with E-state index in [1.807, 2.05) is 11.6 Å². The summed E-state index contributed by atoms with van der Waals surface area (Å²) in [6.07, 6.45) is 0.719. The summed E-state index contributed by atoms with van der Waals surface area (Å²) in [4.78, 5) is 4.51. The van der Waals surface area contributed by atoms with Crippen molar-refractivity contribution in [3.63, 3.8) is 0 Å².